The molecule has 0 spiro atoms. The van der Waals surface area contributed by atoms with Crippen LogP contribution in [0.4, 0.5) is 23.1 Å². The summed E-state index contributed by atoms with van der Waals surface area (Å²) >= 11 is 6.34. The van der Waals surface area contributed by atoms with Crippen molar-refractivity contribution >= 4 is 47.2 Å². The van der Waals surface area contributed by atoms with Gasteiger partial charge in [-0.25, -0.2) is 4.98 Å². The number of hydrogen-bond acceptors (Lipinski definition) is 6. The van der Waals surface area contributed by atoms with E-state index in [2.05, 4.69) is 47.4 Å². The summed E-state index contributed by atoms with van der Waals surface area (Å²) in [6.07, 6.45) is 1.52. The highest BCUT2D eigenvalue weighted by Crippen LogP contribution is 2.39. The number of anilines is 4. The summed E-state index contributed by atoms with van der Waals surface area (Å²) in [7, 11) is -0.852. The van der Waals surface area contributed by atoms with E-state index in [0.29, 0.717) is 28.2 Å². The van der Waals surface area contributed by atoms with Gasteiger partial charge in [0.25, 0.3) is 0 Å². The molecule has 0 radical (unpaired) electrons. The van der Waals surface area contributed by atoms with E-state index in [1.54, 1.807) is 20.4 Å². The molecule has 164 valence electrons. The lowest BCUT2D eigenvalue weighted by molar-refractivity contribution is 0.414. The number of nitrogens with zero attached hydrogens (tertiary/aromatic N) is 2. The summed E-state index contributed by atoms with van der Waals surface area (Å²) in [4.78, 5) is 8.81. The zero-order valence-corrected chi connectivity index (χ0v) is 20.3. The second kappa shape index (κ2) is 8.89. The Morgan fingerprint density at radius 2 is 1.74 bits per heavy atom. The Morgan fingerprint density at radius 1 is 1.03 bits per heavy atom. The van der Waals surface area contributed by atoms with Gasteiger partial charge < -0.3 is 19.9 Å². The second-order valence-electron chi connectivity index (χ2n) is 8.67. The van der Waals surface area contributed by atoms with Crippen LogP contribution < -0.4 is 20.7 Å². The molecular weight excluding hydrogens is 431 g/mol. The maximum Gasteiger partial charge on any atom is 0.229 e. The first-order valence-electron chi connectivity index (χ1n) is 9.89. The largest absolute Gasteiger partial charge is 0.495 e. The smallest absolute Gasteiger partial charge is 0.229 e. The summed E-state index contributed by atoms with van der Waals surface area (Å²) in [5, 5.41) is 7.50. The predicted molar refractivity (Wildman–Crippen MR) is 131 cm³/mol. The van der Waals surface area contributed by atoms with Crippen molar-refractivity contribution in [2.45, 2.75) is 26.2 Å². The van der Waals surface area contributed by atoms with Gasteiger partial charge in [-0.05, 0) is 48.6 Å². The lowest BCUT2D eigenvalue weighted by Gasteiger charge is -2.21. The molecule has 0 amide bonds. The van der Waals surface area contributed by atoms with Crippen molar-refractivity contribution in [1.82, 2.24) is 9.97 Å². The number of benzene rings is 2. The zero-order valence-electron chi connectivity index (χ0n) is 18.7. The van der Waals surface area contributed by atoms with Gasteiger partial charge in [-0.2, -0.15) is 4.98 Å². The number of hydrogen-bond donors (Lipinski definition) is 2. The quantitative estimate of drug-likeness (QED) is 0.430. The highest BCUT2D eigenvalue weighted by molar-refractivity contribution is 7.70. The Balaban J connectivity index is 1.92. The molecule has 0 aliphatic rings. The van der Waals surface area contributed by atoms with Gasteiger partial charge in [0, 0.05) is 5.30 Å². The first kappa shape index (κ1) is 23.1. The summed E-state index contributed by atoms with van der Waals surface area (Å²) in [6, 6.07) is 13.4. The lowest BCUT2D eigenvalue weighted by atomic mass is 9.87. The van der Waals surface area contributed by atoms with Crippen molar-refractivity contribution in [3.63, 3.8) is 0 Å². The summed E-state index contributed by atoms with van der Waals surface area (Å²) < 4.78 is 18.2. The van der Waals surface area contributed by atoms with Crippen LogP contribution >= 0.6 is 18.7 Å². The Kier molecular flexibility index (Phi) is 6.63. The third-order valence-electron chi connectivity index (χ3n) is 4.80. The van der Waals surface area contributed by atoms with E-state index in [0.717, 1.165) is 16.6 Å². The average Bonchev–Trinajstić information content (AvgIpc) is 2.69. The van der Waals surface area contributed by atoms with Crippen LogP contribution in [0.1, 0.15) is 26.3 Å². The van der Waals surface area contributed by atoms with Crippen molar-refractivity contribution in [3.8, 4) is 5.75 Å². The number of ether oxygens (including phenoxy) is 1. The molecule has 0 fully saturated rings. The molecule has 3 aromatic rings. The van der Waals surface area contributed by atoms with Gasteiger partial charge >= 0.3 is 0 Å². The molecule has 1 heterocycles. The van der Waals surface area contributed by atoms with Gasteiger partial charge in [0.15, 0.2) is 5.82 Å². The molecule has 2 aromatic carbocycles. The SMILES string of the molecule is COc1cc(C(C)(C)C)ccc1Nc1ncc(Cl)c(Nc2ccccc2P(C)(C)=O)n1. The monoisotopic (exact) mass is 458 g/mol. The summed E-state index contributed by atoms with van der Waals surface area (Å²) in [6.45, 7) is 9.92. The molecule has 0 saturated carbocycles. The Labute approximate surface area is 188 Å². The Morgan fingerprint density at radius 3 is 2.39 bits per heavy atom. The Bertz CT molecular complexity index is 1140. The third-order valence-corrected chi connectivity index (χ3v) is 6.62. The highest BCUT2D eigenvalue weighted by Gasteiger charge is 2.18. The maximum atomic E-state index is 12.7. The van der Waals surface area contributed by atoms with E-state index in [4.69, 9.17) is 16.3 Å². The third kappa shape index (κ3) is 5.57. The number of halogens is 1. The predicted octanol–water partition coefficient (Wildman–Crippen LogP) is 6.17. The number of methoxy groups -OCH3 is 1. The first-order valence-corrected chi connectivity index (χ1v) is 12.9. The minimum absolute atomic E-state index is 0.00501. The van der Waals surface area contributed by atoms with Crippen LogP contribution in [-0.2, 0) is 9.98 Å². The zero-order chi connectivity index (χ0) is 22.8. The summed E-state index contributed by atoms with van der Waals surface area (Å²) in [5.41, 5.74) is 2.62. The summed E-state index contributed by atoms with van der Waals surface area (Å²) in [5.74, 6) is 1.48. The van der Waals surface area contributed by atoms with Gasteiger partial charge in [-0.3, -0.25) is 0 Å². The molecule has 6 nitrogen and oxygen atoms in total. The fraction of sp³-hybridized carbons (Fsp3) is 0.304. The van der Waals surface area contributed by atoms with Crippen LogP contribution in [0.5, 0.6) is 5.75 Å². The molecule has 8 heteroatoms. The molecule has 31 heavy (non-hydrogen) atoms. The van der Waals surface area contributed by atoms with Crippen LogP contribution in [-0.4, -0.2) is 30.4 Å². The van der Waals surface area contributed by atoms with Crippen molar-refractivity contribution < 1.29 is 9.30 Å². The van der Waals surface area contributed by atoms with Gasteiger partial charge in [0.2, 0.25) is 5.95 Å². The van der Waals surface area contributed by atoms with Gasteiger partial charge in [0.05, 0.1) is 24.7 Å². The molecule has 0 unspecified atom stereocenters. The van der Waals surface area contributed by atoms with Crippen molar-refractivity contribution in [3.05, 3.63) is 59.2 Å². The number of para-hydroxylation sites is 1. The fourth-order valence-electron chi connectivity index (χ4n) is 3.07. The van der Waals surface area contributed by atoms with E-state index >= 15 is 0 Å². The lowest BCUT2D eigenvalue weighted by Crippen LogP contribution is -2.12. The Hall–Kier alpha value is -2.56. The molecule has 0 saturated heterocycles. The van der Waals surface area contributed by atoms with Crippen molar-refractivity contribution in [1.29, 1.82) is 0 Å². The van der Waals surface area contributed by atoms with Gasteiger partial charge in [-0.15, -0.1) is 0 Å². The molecule has 1 aromatic heterocycles. The second-order valence-corrected chi connectivity index (χ2v) is 12.3. The van der Waals surface area contributed by atoms with Crippen LogP contribution in [0.15, 0.2) is 48.7 Å². The van der Waals surface area contributed by atoms with Crippen LogP contribution in [0.3, 0.4) is 0 Å². The van der Waals surface area contributed by atoms with Crippen LogP contribution in [0.2, 0.25) is 5.02 Å². The number of rotatable bonds is 6. The fourth-order valence-corrected chi connectivity index (χ4v) is 4.37. The number of nitrogens with one attached hydrogen (secondary N) is 2. The van der Waals surface area contributed by atoms with Crippen LogP contribution in [0.25, 0.3) is 0 Å². The van der Waals surface area contributed by atoms with Gasteiger partial charge in [0.1, 0.15) is 17.9 Å². The van der Waals surface area contributed by atoms with E-state index in [1.165, 1.54) is 6.20 Å². The molecule has 0 atom stereocenters. The highest BCUT2D eigenvalue weighted by atomic mass is 35.5. The maximum absolute atomic E-state index is 12.7. The molecule has 3 rings (SSSR count). The minimum atomic E-state index is -2.48. The molecule has 2 N–H and O–H groups in total. The standard InChI is InChI=1S/C23H28ClN4O2P/c1-23(2,3)15-11-12-17(19(13-15)30-4)27-22-25-14-16(24)21(28-22)26-18-9-7-8-10-20(18)31(5,6)29/h7-14H,1-6H3,(H2,25,26,27,28). The van der Waals surface area contributed by atoms with E-state index in [9.17, 15) is 4.57 Å². The van der Waals surface area contributed by atoms with E-state index < -0.39 is 7.14 Å². The molecular formula is C23H28ClN4O2P. The van der Waals surface area contributed by atoms with E-state index in [-0.39, 0.29) is 5.41 Å². The topological polar surface area (TPSA) is 76.1 Å². The van der Waals surface area contributed by atoms with E-state index in [1.807, 2.05) is 36.4 Å². The number of aromatic nitrogens is 2. The minimum Gasteiger partial charge on any atom is -0.495 e. The van der Waals surface area contributed by atoms with Crippen molar-refractivity contribution in [2.75, 3.05) is 31.1 Å². The van der Waals surface area contributed by atoms with Gasteiger partial charge in [-0.1, -0.05) is 50.6 Å². The average molecular weight is 459 g/mol. The molecule has 0 aliphatic carbocycles. The first-order chi connectivity index (χ1) is 14.5. The normalized spacial score (nSPS) is 11.8. The van der Waals surface area contributed by atoms with Crippen molar-refractivity contribution in [2.24, 2.45) is 0 Å². The molecule has 0 bridgehead atoms. The van der Waals surface area contributed by atoms with Crippen LogP contribution in [0, 0.1) is 0 Å². The molecule has 0 aliphatic heterocycles.